The smallest absolute Gasteiger partial charge is 0.377 e. The third-order valence-electron chi connectivity index (χ3n) is 3.43. The van der Waals surface area contributed by atoms with Gasteiger partial charge in [-0.15, -0.1) is 0 Å². The molecular formula is C13H12Cl2O3. The van der Waals surface area contributed by atoms with Gasteiger partial charge in [-0.3, -0.25) is 4.79 Å². The Labute approximate surface area is 115 Å². The molecule has 1 aliphatic carbocycles. The van der Waals surface area contributed by atoms with Crippen molar-refractivity contribution < 1.29 is 14.7 Å². The number of fused-ring (bicyclic) bond motifs is 1. The van der Waals surface area contributed by atoms with Gasteiger partial charge in [-0.2, -0.15) is 0 Å². The van der Waals surface area contributed by atoms with E-state index in [0.717, 1.165) is 30.4 Å². The predicted octanol–water partition coefficient (Wildman–Crippen LogP) is 3.39. The number of carboxylic acids is 1. The molecule has 0 bridgehead atoms. The summed E-state index contributed by atoms with van der Waals surface area (Å²) in [6, 6.07) is 1.37. The van der Waals surface area contributed by atoms with Gasteiger partial charge in [-0.05, 0) is 36.0 Å². The number of rotatable bonds is 3. The lowest BCUT2D eigenvalue weighted by Gasteiger charge is -2.08. The Bertz CT molecular complexity index is 538. The molecule has 2 rings (SSSR count). The van der Waals surface area contributed by atoms with Gasteiger partial charge in [0.05, 0.1) is 5.02 Å². The lowest BCUT2D eigenvalue weighted by Crippen LogP contribution is -2.14. The molecule has 1 atom stereocenters. The Morgan fingerprint density at radius 2 is 1.94 bits per heavy atom. The number of carbonyl (C=O) groups excluding carboxylic acids is 1. The Morgan fingerprint density at radius 1 is 1.33 bits per heavy atom. The first-order valence-electron chi connectivity index (χ1n) is 5.73. The number of carboxylic acid groups (broad SMARTS) is 1. The van der Waals surface area contributed by atoms with Gasteiger partial charge in [0.1, 0.15) is 0 Å². The molecule has 1 aromatic rings. The molecule has 0 heterocycles. The van der Waals surface area contributed by atoms with E-state index in [2.05, 4.69) is 6.92 Å². The molecule has 0 spiro atoms. The quantitative estimate of drug-likeness (QED) is 0.685. The van der Waals surface area contributed by atoms with Crippen molar-refractivity contribution in [1.29, 1.82) is 0 Å². The van der Waals surface area contributed by atoms with Gasteiger partial charge >= 0.3 is 5.97 Å². The van der Waals surface area contributed by atoms with E-state index in [1.807, 2.05) is 0 Å². The van der Waals surface area contributed by atoms with Crippen molar-refractivity contribution in [3.05, 3.63) is 32.8 Å². The molecule has 0 amide bonds. The van der Waals surface area contributed by atoms with Crippen LogP contribution in [-0.2, 0) is 17.6 Å². The molecule has 0 fully saturated rings. The highest BCUT2D eigenvalue weighted by molar-refractivity contribution is 6.46. The number of ketones is 1. The highest BCUT2D eigenvalue weighted by Gasteiger charge is 2.29. The van der Waals surface area contributed by atoms with Crippen LogP contribution in [-0.4, -0.2) is 16.9 Å². The summed E-state index contributed by atoms with van der Waals surface area (Å²) in [6.07, 6.45) is 2.60. The first-order chi connectivity index (χ1) is 8.45. The fourth-order valence-electron chi connectivity index (χ4n) is 2.37. The summed E-state index contributed by atoms with van der Waals surface area (Å²) >= 11 is 12.3. The zero-order valence-corrected chi connectivity index (χ0v) is 11.3. The van der Waals surface area contributed by atoms with E-state index in [4.69, 9.17) is 28.3 Å². The summed E-state index contributed by atoms with van der Waals surface area (Å²) in [5.41, 5.74) is 1.78. The third kappa shape index (κ3) is 2.13. The molecule has 0 saturated carbocycles. The maximum Gasteiger partial charge on any atom is 0.377 e. The number of hydrogen-bond donors (Lipinski definition) is 1. The van der Waals surface area contributed by atoms with Crippen LogP contribution in [0.1, 0.15) is 34.8 Å². The molecule has 0 aromatic heterocycles. The van der Waals surface area contributed by atoms with Crippen molar-refractivity contribution in [1.82, 2.24) is 0 Å². The van der Waals surface area contributed by atoms with E-state index in [-0.39, 0.29) is 10.6 Å². The Hall–Kier alpha value is -1.06. The highest BCUT2D eigenvalue weighted by Crippen LogP contribution is 2.40. The second-order valence-corrected chi connectivity index (χ2v) is 5.28. The lowest BCUT2D eigenvalue weighted by molar-refractivity contribution is -0.131. The number of aliphatic carboxylic acids is 1. The molecule has 18 heavy (non-hydrogen) atoms. The van der Waals surface area contributed by atoms with Crippen LogP contribution in [0, 0.1) is 5.92 Å². The van der Waals surface area contributed by atoms with Crippen LogP contribution in [0.2, 0.25) is 10.0 Å². The largest absolute Gasteiger partial charge is 0.475 e. The van der Waals surface area contributed by atoms with Gasteiger partial charge in [0.25, 0.3) is 5.78 Å². The van der Waals surface area contributed by atoms with Crippen LogP contribution in [0.5, 0.6) is 0 Å². The molecule has 1 unspecified atom stereocenters. The summed E-state index contributed by atoms with van der Waals surface area (Å²) < 4.78 is 0. The average molecular weight is 287 g/mol. The van der Waals surface area contributed by atoms with E-state index in [9.17, 15) is 9.59 Å². The zero-order valence-electron chi connectivity index (χ0n) is 9.80. The number of hydrogen-bond acceptors (Lipinski definition) is 2. The molecule has 1 N–H and O–H groups in total. The van der Waals surface area contributed by atoms with Crippen molar-refractivity contribution in [3.8, 4) is 0 Å². The van der Waals surface area contributed by atoms with Crippen LogP contribution in [0.15, 0.2) is 6.07 Å². The van der Waals surface area contributed by atoms with Crippen molar-refractivity contribution in [3.63, 3.8) is 0 Å². The van der Waals surface area contributed by atoms with Crippen LogP contribution in [0.25, 0.3) is 0 Å². The number of carbonyl (C=O) groups is 2. The number of halogens is 2. The SMILES string of the molecule is CCC1Cc2c(Cl)cc(C(=O)C(=O)O)c(Cl)c2C1. The van der Waals surface area contributed by atoms with E-state index in [0.29, 0.717) is 10.9 Å². The van der Waals surface area contributed by atoms with E-state index < -0.39 is 11.8 Å². The number of benzene rings is 1. The Kier molecular flexibility index (Phi) is 3.64. The molecule has 0 saturated heterocycles. The molecule has 96 valence electrons. The van der Waals surface area contributed by atoms with Crippen LogP contribution in [0.4, 0.5) is 0 Å². The molecule has 1 aliphatic rings. The van der Waals surface area contributed by atoms with Gasteiger partial charge in [0.15, 0.2) is 0 Å². The van der Waals surface area contributed by atoms with Gasteiger partial charge in [-0.1, -0.05) is 36.5 Å². The summed E-state index contributed by atoms with van der Waals surface area (Å²) in [5.74, 6) is -2.06. The zero-order chi connectivity index (χ0) is 13.4. The van der Waals surface area contributed by atoms with Crippen molar-refractivity contribution in [2.75, 3.05) is 0 Å². The molecule has 0 radical (unpaired) electrons. The second-order valence-electron chi connectivity index (χ2n) is 4.49. The van der Waals surface area contributed by atoms with Crippen molar-refractivity contribution >= 4 is 35.0 Å². The van der Waals surface area contributed by atoms with Crippen molar-refractivity contribution in [2.24, 2.45) is 5.92 Å². The highest BCUT2D eigenvalue weighted by atomic mass is 35.5. The van der Waals surface area contributed by atoms with Crippen molar-refractivity contribution in [2.45, 2.75) is 26.2 Å². The maximum absolute atomic E-state index is 11.5. The van der Waals surface area contributed by atoms with Crippen LogP contribution < -0.4 is 0 Å². The summed E-state index contributed by atoms with van der Waals surface area (Å²) in [4.78, 5) is 22.3. The Balaban J connectivity index is 2.53. The second kappa shape index (κ2) is 4.90. The lowest BCUT2D eigenvalue weighted by atomic mass is 10.0. The maximum atomic E-state index is 11.5. The van der Waals surface area contributed by atoms with E-state index in [1.54, 1.807) is 0 Å². The minimum absolute atomic E-state index is 0.00957. The summed E-state index contributed by atoms with van der Waals surface area (Å²) in [6.45, 7) is 2.08. The molecule has 3 nitrogen and oxygen atoms in total. The first kappa shape index (κ1) is 13.4. The van der Waals surface area contributed by atoms with E-state index in [1.165, 1.54) is 6.07 Å². The minimum atomic E-state index is -1.52. The topological polar surface area (TPSA) is 54.4 Å². The van der Waals surface area contributed by atoms with Crippen LogP contribution >= 0.6 is 23.2 Å². The molecule has 1 aromatic carbocycles. The minimum Gasteiger partial charge on any atom is -0.475 e. The average Bonchev–Trinajstić information content (AvgIpc) is 2.77. The number of Topliss-reactive ketones (excluding diaryl/α,β-unsaturated/α-hetero) is 1. The van der Waals surface area contributed by atoms with Gasteiger partial charge in [0.2, 0.25) is 0 Å². The first-order valence-corrected chi connectivity index (χ1v) is 6.48. The monoisotopic (exact) mass is 286 g/mol. The van der Waals surface area contributed by atoms with Crippen LogP contribution in [0.3, 0.4) is 0 Å². The van der Waals surface area contributed by atoms with Gasteiger partial charge in [0, 0.05) is 10.6 Å². The van der Waals surface area contributed by atoms with E-state index >= 15 is 0 Å². The molecular weight excluding hydrogens is 275 g/mol. The standard InChI is InChI=1S/C13H12Cl2O3/c1-2-6-3-7-8(4-6)11(15)9(5-10(7)14)12(16)13(17)18/h5-6H,2-4H2,1H3,(H,17,18). The van der Waals surface area contributed by atoms with Gasteiger partial charge in [-0.25, -0.2) is 4.79 Å². The normalized spacial score (nSPS) is 17.6. The molecule has 5 heteroatoms. The Morgan fingerprint density at radius 3 is 2.50 bits per heavy atom. The predicted molar refractivity (Wildman–Crippen MR) is 69.6 cm³/mol. The van der Waals surface area contributed by atoms with Gasteiger partial charge < -0.3 is 5.11 Å². The summed E-state index contributed by atoms with van der Waals surface area (Å²) in [7, 11) is 0. The fourth-order valence-corrected chi connectivity index (χ4v) is 3.00. The fraction of sp³-hybridized carbons (Fsp3) is 0.385. The third-order valence-corrected chi connectivity index (χ3v) is 4.20. The summed E-state index contributed by atoms with van der Waals surface area (Å²) in [5, 5.41) is 9.43. The molecule has 0 aliphatic heterocycles.